The molecular weight excluding hydrogens is 849 g/mol. The fourth-order valence-electron chi connectivity index (χ4n) is 8.42. The number of methoxy groups -OCH3 is 1. The molecule has 2 saturated heterocycles. The van der Waals surface area contributed by atoms with Crippen LogP contribution in [-0.4, -0.2) is 135 Å². The third-order valence-corrected chi connectivity index (χ3v) is 12.5. The number of aliphatic hydroxyl groups excluding tert-OH is 7. The SMILES string of the molecule is COC1OC(O[C@H]2CC(C)(C)C(/C=C/C(C)=C/C=C/C(C)=C/C=C/C=C(C)/C=C/C=C(C)/C=C/C3=C(C)C(=O)[C@@H](OC4OC(CO)C(O)C(O)C4O)CC3(C)C)=C(C)C2=O)C(O)C(O)C1O. The molecule has 4 aliphatic rings. The molecule has 14 nitrogen and oxygen atoms in total. The van der Waals surface area contributed by atoms with Crippen molar-refractivity contribution in [3.05, 3.63) is 130 Å². The van der Waals surface area contributed by atoms with Crippen LogP contribution in [0.1, 0.15) is 82.1 Å². The Balaban J connectivity index is 1.29. The summed E-state index contributed by atoms with van der Waals surface area (Å²) in [5, 5.41) is 71.0. The summed E-state index contributed by atoms with van der Waals surface area (Å²) in [6.45, 7) is 18.9. The number of ketones is 2. The van der Waals surface area contributed by atoms with Crippen LogP contribution < -0.4 is 0 Å². The molecule has 2 heterocycles. The summed E-state index contributed by atoms with van der Waals surface area (Å²) >= 11 is 0. The molecule has 2 aliphatic carbocycles. The lowest BCUT2D eigenvalue weighted by molar-refractivity contribution is -0.351. The van der Waals surface area contributed by atoms with Gasteiger partial charge in [0, 0.05) is 7.11 Å². The topological polar surface area (TPSA) is 222 Å². The molecule has 14 heteroatoms. The molecule has 12 atom stereocenters. The lowest BCUT2D eigenvalue weighted by Crippen LogP contribution is -2.60. The van der Waals surface area contributed by atoms with Gasteiger partial charge < -0.3 is 59.4 Å². The van der Waals surface area contributed by atoms with Crippen LogP contribution in [0.15, 0.2) is 130 Å². The Hall–Kier alpha value is -4.00. The van der Waals surface area contributed by atoms with Gasteiger partial charge >= 0.3 is 0 Å². The second-order valence-corrected chi connectivity index (χ2v) is 18.9. The zero-order valence-electron chi connectivity index (χ0n) is 40.1. The molecule has 10 unspecified atom stereocenters. The van der Waals surface area contributed by atoms with Gasteiger partial charge in [0.05, 0.1) is 6.61 Å². The highest BCUT2D eigenvalue weighted by atomic mass is 16.8. The van der Waals surface area contributed by atoms with Gasteiger partial charge in [-0.2, -0.15) is 0 Å². The van der Waals surface area contributed by atoms with Crippen LogP contribution >= 0.6 is 0 Å². The number of Topliss-reactive ketones (excluding diaryl/α,β-unsaturated/α-hetero) is 2. The van der Waals surface area contributed by atoms with E-state index in [1.807, 2.05) is 140 Å². The summed E-state index contributed by atoms with van der Waals surface area (Å²) in [7, 11) is 1.30. The van der Waals surface area contributed by atoms with Gasteiger partial charge in [0.25, 0.3) is 0 Å². The van der Waals surface area contributed by atoms with E-state index in [9.17, 15) is 45.3 Å². The molecule has 7 N–H and O–H groups in total. The maximum atomic E-state index is 13.4. The number of aliphatic hydroxyl groups is 7. The molecule has 66 heavy (non-hydrogen) atoms. The molecule has 0 amide bonds. The number of carbonyl (C=O) groups excluding carboxylic acids is 2. The van der Waals surface area contributed by atoms with Gasteiger partial charge in [0.2, 0.25) is 0 Å². The van der Waals surface area contributed by atoms with Gasteiger partial charge in [0.15, 0.2) is 30.4 Å². The van der Waals surface area contributed by atoms with Crippen molar-refractivity contribution >= 4 is 11.6 Å². The summed E-state index contributed by atoms with van der Waals surface area (Å²) < 4.78 is 27.8. The zero-order valence-corrected chi connectivity index (χ0v) is 40.1. The van der Waals surface area contributed by atoms with Crippen LogP contribution in [-0.2, 0) is 33.3 Å². The van der Waals surface area contributed by atoms with Crippen LogP contribution in [0, 0.1) is 10.8 Å². The van der Waals surface area contributed by atoms with Crippen molar-refractivity contribution in [2.24, 2.45) is 10.8 Å². The normalized spacial score (nSPS) is 34.5. The van der Waals surface area contributed by atoms with Crippen LogP contribution in [0.3, 0.4) is 0 Å². The smallest absolute Gasteiger partial charge is 0.190 e. The van der Waals surface area contributed by atoms with Gasteiger partial charge in [-0.1, -0.05) is 135 Å². The molecule has 0 aromatic carbocycles. The van der Waals surface area contributed by atoms with Gasteiger partial charge in [-0.3, -0.25) is 9.59 Å². The largest absolute Gasteiger partial charge is 0.394 e. The summed E-state index contributed by atoms with van der Waals surface area (Å²) in [4.78, 5) is 26.8. The first kappa shape index (κ1) is 54.6. The summed E-state index contributed by atoms with van der Waals surface area (Å²) in [6, 6.07) is 0. The molecule has 2 aliphatic heterocycles. The van der Waals surface area contributed by atoms with Crippen molar-refractivity contribution < 1.29 is 69.0 Å². The van der Waals surface area contributed by atoms with Crippen molar-refractivity contribution in [3.63, 3.8) is 0 Å². The molecule has 0 aromatic rings. The molecule has 2 fully saturated rings. The second-order valence-electron chi connectivity index (χ2n) is 18.9. The Morgan fingerprint density at radius 2 is 0.924 bits per heavy atom. The van der Waals surface area contributed by atoms with Crippen molar-refractivity contribution in [2.45, 2.75) is 156 Å². The number of ether oxygens (including phenoxy) is 5. The molecule has 0 aromatic heterocycles. The third-order valence-electron chi connectivity index (χ3n) is 12.5. The van der Waals surface area contributed by atoms with Crippen LogP contribution in [0.5, 0.6) is 0 Å². The number of rotatable bonds is 16. The van der Waals surface area contributed by atoms with Crippen LogP contribution in [0.4, 0.5) is 0 Å². The number of allylic oxidation sites excluding steroid dienone is 20. The van der Waals surface area contributed by atoms with E-state index in [1.54, 1.807) is 13.8 Å². The highest BCUT2D eigenvalue weighted by Gasteiger charge is 2.49. The minimum atomic E-state index is -1.59. The predicted molar refractivity (Wildman–Crippen MR) is 250 cm³/mol. The Morgan fingerprint density at radius 3 is 1.33 bits per heavy atom. The van der Waals surface area contributed by atoms with Crippen LogP contribution in [0.25, 0.3) is 0 Å². The minimum Gasteiger partial charge on any atom is -0.394 e. The van der Waals surface area contributed by atoms with E-state index >= 15 is 0 Å². The van der Waals surface area contributed by atoms with E-state index in [-0.39, 0.29) is 11.6 Å². The average Bonchev–Trinajstić information content (AvgIpc) is 3.25. The van der Waals surface area contributed by atoms with E-state index in [2.05, 4.69) is 0 Å². The van der Waals surface area contributed by atoms with Crippen molar-refractivity contribution in [2.75, 3.05) is 13.7 Å². The first-order valence-corrected chi connectivity index (χ1v) is 22.4. The summed E-state index contributed by atoms with van der Waals surface area (Å²) in [5.74, 6) is -0.511. The lowest BCUT2D eigenvalue weighted by Gasteiger charge is -2.43. The van der Waals surface area contributed by atoms with Gasteiger partial charge in [-0.05, 0) is 87.5 Å². The molecule has 4 rings (SSSR count). The molecule has 0 radical (unpaired) electrons. The molecule has 0 saturated carbocycles. The quantitative estimate of drug-likeness (QED) is 0.0995. The Labute approximate surface area is 389 Å². The molecular formula is C52H72O14. The monoisotopic (exact) mass is 920 g/mol. The van der Waals surface area contributed by atoms with E-state index in [1.165, 1.54) is 7.11 Å². The van der Waals surface area contributed by atoms with Crippen LogP contribution in [0.2, 0.25) is 0 Å². The summed E-state index contributed by atoms with van der Waals surface area (Å²) in [5.41, 5.74) is 5.89. The van der Waals surface area contributed by atoms with E-state index in [0.29, 0.717) is 24.0 Å². The van der Waals surface area contributed by atoms with Crippen molar-refractivity contribution in [1.29, 1.82) is 0 Å². The molecule has 0 spiro atoms. The average molecular weight is 921 g/mol. The predicted octanol–water partition coefficient (Wildman–Crippen LogP) is 5.17. The Kier molecular flexibility index (Phi) is 19.7. The van der Waals surface area contributed by atoms with E-state index in [0.717, 1.165) is 33.4 Å². The van der Waals surface area contributed by atoms with Crippen molar-refractivity contribution in [3.8, 4) is 0 Å². The summed E-state index contributed by atoms with van der Waals surface area (Å²) in [6.07, 6.45) is 12.0. The highest BCUT2D eigenvalue weighted by Crippen LogP contribution is 2.43. The molecule has 364 valence electrons. The zero-order chi connectivity index (χ0) is 49.3. The van der Waals surface area contributed by atoms with Crippen molar-refractivity contribution in [1.82, 2.24) is 0 Å². The Morgan fingerprint density at radius 1 is 0.561 bits per heavy atom. The van der Waals surface area contributed by atoms with Gasteiger partial charge in [0.1, 0.15) is 54.9 Å². The standard InChI is InChI=1S/C52H72O14/c1-29(18-14-20-31(3)22-24-35-33(5)40(54)37(26-51(35,7)8)63-49-46(60)43(57)42(56)39(28-53)65-49)16-12-13-17-30(2)19-15-21-32(4)23-25-36-34(6)41(55)38(27-52(36,9)10)64-50-47(61)44(58)45(59)48(62-11)66-50/h12-25,37-39,42-50,53,56-61H,26-28H2,1-11H3/b13-12+,18-14+,19-15+,24-22+,25-23+,29-16+,30-17+,31-20+,32-21+/t37-,38-,39?,42?,43?,44?,45?,46?,47?,48?,49?,50?/m0/s1. The highest BCUT2D eigenvalue weighted by molar-refractivity contribution is 6.01. The number of carbonyl (C=O) groups is 2. The van der Waals surface area contributed by atoms with E-state index < -0.39 is 91.2 Å². The maximum Gasteiger partial charge on any atom is 0.190 e. The fraction of sp³-hybridized carbons (Fsp3) is 0.538. The lowest BCUT2D eigenvalue weighted by atomic mass is 9.71. The Bertz CT molecular complexity index is 1940. The maximum absolute atomic E-state index is 13.4. The first-order chi connectivity index (χ1) is 30.9. The first-order valence-electron chi connectivity index (χ1n) is 22.4. The van der Waals surface area contributed by atoms with Gasteiger partial charge in [-0.15, -0.1) is 0 Å². The number of hydrogen-bond donors (Lipinski definition) is 7. The van der Waals surface area contributed by atoms with Gasteiger partial charge in [-0.25, -0.2) is 0 Å². The third kappa shape index (κ3) is 13.8. The van der Waals surface area contributed by atoms with E-state index in [4.69, 9.17) is 23.7 Å². The fourth-order valence-corrected chi connectivity index (χ4v) is 8.42. The minimum absolute atomic E-state index is 0.245. The number of hydrogen-bond acceptors (Lipinski definition) is 14. The molecule has 0 bridgehead atoms. The second kappa shape index (κ2) is 23.8.